The highest BCUT2D eigenvalue weighted by Crippen LogP contribution is 2.56. The number of fused-ring (bicyclic) bond motifs is 6. The van der Waals surface area contributed by atoms with Gasteiger partial charge in [0.05, 0.1) is 16.4 Å². The Labute approximate surface area is 438 Å². The fraction of sp³-hybridized carbons (Fsp3) is 0.0137. The number of anilines is 3. The summed E-state index contributed by atoms with van der Waals surface area (Å²) >= 11 is 0. The van der Waals surface area contributed by atoms with Crippen molar-refractivity contribution in [3.05, 3.63) is 326 Å². The molecule has 0 saturated carbocycles. The van der Waals surface area contributed by atoms with Crippen molar-refractivity contribution in [1.29, 1.82) is 0 Å². The molecular formula is C73H50N2. The van der Waals surface area contributed by atoms with Crippen molar-refractivity contribution in [3.8, 4) is 61.3 Å². The Hall–Kier alpha value is -9.76. The highest BCUT2D eigenvalue weighted by Gasteiger charge is 2.46. The zero-order valence-electron chi connectivity index (χ0n) is 41.3. The van der Waals surface area contributed by atoms with Gasteiger partial charge in [0.1, 0.15) is 0 Å². The molecule has 1 aromatic heterocycles. The van der Waals surface area contributed by atoms with Gasteiger partial charge in [0.2, 0.25) is 0 Å². The molecule has 12 aromatic carbocycles. The maximum atomic E-state index is 2.48. The number of aromatic nitrogens is 1. The zero-order valence-corrected chi connectivity index (χ0v) is 41.3. The van der Waals surface area contributed by atoms with E-state index in [-0.39, 0.29) is 0 Å². The SMILES string of the molecule is c1ccc(-c2cccc(N(c3ccc(-c4ccccc4-c4ccc5c6ccccc6n(-c6ccc7c(c6)-c6ccccc6C7(c6ccccc6)c6ccccc6)c5c4)cc3)c3cccc(-c4ccccc4)c3)c2)cc1. The van der Waals surface area contributed by atoms with Crippen molar-refractivity contribution in [2.45, 2.75) is 5.41 Å². The third kappa shape index (κ3) is 7.41. The highest BCUT2D eigenvalue weighted by molar-refractivity contribution is 6.10. The number of rotatable bonds is 10. The van der Waals surface area contributed by atoms with Gasteiger partial charge in [-0.05, 0) is 139 Å². The first-order chi connectivity index (χ1) is 37.2. The molecule has 0 fully saturated rings. The molecule has 0 bridgehead atoms. The van der Waals surface area contributed by atoms with Crippen LogP contribution in [0.4, 0.5) is 17.1 Å². The van der Waals surface area contributed by atoms with Gasteiger partial charge >= 0.3 is 0 Å². The minimum absolute atomic E-state index is 0.456. The van der Waals surface area contributed by atoms with Crippen molar-refractivity contribution < 1.29 is 0 Å². The Bertz CT molecular complexity index is 4090. The van der Waals surface area contributed by atoms with E-state index in [0.29, 0.717) is 0 Å². The van der Waals surface area contributed by atoms with Crippen LogP contribution >= 0.6 is 0 Å². The Morgan fingerprint density at radius 1 is 0.253 bits per heavy atom. The molecule has 1 aliphatic rings. The van der Waals surface area contributed by atoms with E-state index in [4.69, 9.17) is 0 Å². The summed E-state index contributed by atoms with van der Waals surface area (Å²) in [5.41, 5.74) is 23.4. The molecule has 1 aliphatic carbocycles. The van der Waals surface area contributed by atoms with E-state index in [2.05, 4.69) is 313 Å². The molecule has 75 heavy (non-hydrogen) atoms. The second kappa shape index (κ2) is 18.4. The van der Waals surface area contributed by atoms with Gasteiger partial charge in [0.25, 0.3) is 0 Å². The van der Waals surface area contributed by atoms with Crippen LogP contribution in [0.15, 0.2) is 303 Å². The van der Waals surface area contributed by atoms with E-state index in [0.717, 1.165) is 28.3 Å². The van der Waals surface area contributed by atoms with Crippen LogP contribution in [0.1, 0.15) is 22.3 Å². The second-order valence-corrected chi connectivity index (χ2v) is 19.6. The summed E-state index contributed by atoms with van der Waals surface area (Å²) in [6.07, 6.45) is 0. The molecule has 0 spiro atoms. The van der Waals surface area contributed by atoms with Crippen LogP contribution in [0.3, 0.4) is 0 Å². The van der Waals surface area contributed by atoms with Crippen LogP contribution in [0, 0.1) is 0 Å². The molecule has 0 radical (unpaired) electrons. The van der Waals surface area contributed by atoms with Crippen molar-refractivity contribution in [3.63, 3.8) is 0 Å². The summed E-state index contributed by atoms with van der Waals surface area (Å²) in [5, 5.41) is 2.47. The molecule has 1 heterocycles. The molecule has 13 aromatic rings. The Morgan fingerprint density at radius 2 is 0.733 bits per heavy atom. The van der Waals surface area contributed by atoms with E-state index in [1.165, 1.54) is 94.1 Å². The minimum atomic E-state index is -0.456. The topological polar surface area (TPSA) is 8.17 Å². The fourth-order valence-corrected chi connectivity index (χ4v) is 12.1. The lowest BCUT2D eigenvalue weighted by molar-refractivity contribution is 0.768. The molecule has 352 valence electrons. The summed E-state index contributed by atoms with van der Waals surface area (Å²) in [4.78, 5) is 2.38. The highest BCUT2D eigenvalue weighted by atomic mass is 15.1. The van der Waals surface area contributed by atoms with E-state index in [1.54, 1.807) is 0 Å². The molecule has 2 nitrogen and oxygen atoms in total. The van der Waals surface area contributed by atoms with Gasteiger partial charge in [-0.25, -0.2) is 0 Å². The summed E-state index contributed by atoms with van der Waals surface area (Å²) in [6.45, 7) is 0. The van der Waals surface area contributed by atoms with E-state index in [9.17, 15) is 0 Å². The molecule has 0 aliphatic heterocycles. The average molecular weight is 955 g/mol. The van der Waals surface area contributed by atoms with Gasteiger partial charge in [-0.3, -0.25) is 0 Å². The largest absolute Gasteiger partial charge is 0.310 e. The third-order valence-electron chi connectivity index (χ3n) is 15.5. The maximum absolute atomic E-state index is 2.48. The number of nitrogens with zero attached hydrogens (tertiary/aromatic N) is 2. The van der Waals surface area contributed by atoms with E-state index < -0.39 is 5.41 Å². The Morgan fingerprint density at radius 3 is 1.36 bits per heavy atom. The van der Waals surface area contributed by atoms with Gasteiger partial charge in [-0.15, -0.1) is 0 Å². The first kappa shape index (κ1) is 44.0. The van der Waals surface area contributed by atoms with Crippen LogP contribution in [0.25, 0.3) is 83.1 Å². The maximum Gasteiger partial charge on any atom is 0.0713 e. The monoisotopic (exact) mass is 954 g/mol. The Balaban J connectivity index is 0.881. The van der Waals surface area contributed by atoms with Crippen LogP contribution in [-0.4, -0.2) is 4.57 Å². The van der Waals surface area contributed by atoms with Crippen molar-refractivity contribution in [1.82, 2.24) is 4.57 Å². The van der Waals surface area contributed by atoms with Gasteiger partial charge < -0.3 is 9.47 Å². The van der Waals surface area contributed by atoms with E-state index in [1.807, 2.05) is 0 Å². The predicted octanol–water partition coefficient (Wildman–Crippen LogP) is 19.3. The van der Waals surface area contributed by atoms with E-state index >= 15 is 0 Å². The molecule has 0 saturated heterocycles. The minimum Gasteiger partial charge on any atom is -0.310 e. The number of benzene rings is 12. The number of para-hydroxylation sites is 1. The standard InChI is InChI=1S/C73H50N2/c1-5-21-51(22-6-1)54-25-19-31-60(47-54)74(61-32-20-26-55(48-61)52-23-7-2-8-24-52)59-42-39-53(40-43-59)63-33-13-14-34-64(63)56-41-45-67-66-36-16-18-38-71(66)75(72(67)49-56)62-44-46-70-68(50-62)65-35-15-17-37-69(65)73(70,57-27-9-3-10-28-57)58-29-11-4-12-30-58/h1-50H. The summed E-state index contributed by atoms with van der Waals surface area (Å²) < 4.78 is 2.48. The summed E-state index contributed by atoms with van der Waals surface area (Å²) in [6, 6.07) is 111. The smallest absolute Gasteiger partial charge is 0.0713 e. The molecule has 0 atom stereocenters. The fourth-order valence-electron chi connectivity index (χ4n) is 12.1. The molecule has 14 rings (SSSR count). The summed E-state index contributed by atoms with van der Waals surface area (Å²) in [7, 11) is 0. The van der Waals surface area contributed by atoms with Gasteiger partial charge in [-0.1, -0.05) is 243 Å². The normalized spacial score (nSPS) is 12.4. The first-order valence-corrected chi connectivity index (χ1v) is 25.9. The Kier molecular flexibility index (Phi) is 10.8. The molecule has 0 amide bonds. The first-order valence-electron chi connectivity index (χ1n) is 25.9. The van der Waals surface area contributed by atoms with Crippen LogP contribution in [-0.2, 0) is 5.41 Å². The average Bonchev–Trinajstić information content (AvgIpc) is 4.05. The lowest BCUT2D eigenvalue weighted by atomic mass is 9.68. The summed E-state index contributed by atoms with van der Waals surface area (Å²) in [5.74, 6) is 0. The van der Waals surface area contributed by atoms with Gasteiger partial charge in [-0.2, -0.15) is 0 Å². The third-order valence-corrected chi connectivity index (χ3v) is 15.5. The van der Waals surface area contributed by atoms with Crippen molar-refractivity contribution >= 4 is 38.9 Å². The van der Waals surface area contributed by atoms with Crippen LogP contribution in [0.2, 0.25) is 0 Å². The van der Waals surface area contributed by atoms with Crippen LogP contribution in [0.5, 0.6) is 0 Å². The lowest BCUT2D eigenvalue weighted by Gasteiger charge is -2.33. The quantitative estimate of drug-likeness (QED) is 0.133. The van der Waals surface area contributed by atoms with Crippen molar-refractivity contribution in [2.24, 2.45) is 0 Å². The second-order valence-electron chi connectivity index (χ2n) is 19.6. The molecule has 0 N–H and O–H groups in total. The number of hydrogen-bond donors (Lipinski definition) is 0. The van der Waals surface area contributed by atoms with Gasteiger partial charge in [0, 0.05) is 33.5 Å². The number of hydrogen-bond acceptors (Lipinski definition) is 1. The lowest BCUT2D eigenvalue weighted by Crippen LogP contribution is -2.28. The van der Waals surface area contributed by atoms with Gasteiger partial charge in [0.15, 0.2) is 0 Å². The molecule has 2 heteroatoms. The predicted molar refractivity (Wildman–Crippen MR) is 315 cm³/mol. The van der Waals surface area contributed by atoms with Crippen LogP contribution < -0.4 is 4.90 Å². The van der Waals surface area contributed by atoms with Crippen molar-refractivity contribution in [2.75, 3.05) is 4.90 Å². The zero-order chi connectivity index (χ0) is 49.7. The molecule has 0 unspecified atom stereocenters. The molecular weight excluding hydrogens is 905 g/mol.